The molecule has 2 aromatic rings. The number of aromatic nitrogens is 1. The first-order valence-electron chi connectivity index (χ1n) is 12.4. The SMILES string of the molecule is C=C1OB(/C(CC)=C(\B2OC(C)(C)C(C)(C)O2)c2ccc(Cl)cc2OCc2ncccc2Br)OC1(C)C. The molecule has 0 aliphatic carbocycles. The lowest BCUT2D eigenvalue weighted by molar-refractivity contribution is 0.00578. The third-order valence-electron chi connectivity index (χ3n) is 7.26. The van der Waals surface area contributed by atoms with Crippen LogP contribution in [-0.4, -0.2) is 36.0 Å². The van der Waals surface area contributed by atoms with Crippen molar-refractivity contribution >= 4 is 47.2 Å². The van der Waals surface area contributed by atoms with E-state index in [1.54, 1.807) is 12.3 Å². The third-order valence-corrected chi connectivity index (χ3v) is 8.21. The van der Waals surface area contributed by atoms with E-state index in [2.05, 4.69) is 34.4 Å². The van der Waals surface area contributed by atoms with Crippen molar-refractivity contribution in [3.05, 3.63) is 75.1 Å². The number of ether oxygens (including phenoxy) is 1. The predicted octanol–water partition coefficient (Wildman–Crippen LogP) is 7.24. The van der Waals surface area contributed by atoms with Crippen molar-refractivity contribution in [2.75, 3.05) is 0 Å². The van der Waals surface area contributed by atoms with Crippen LogP contribution in [0.5, 0.6) is 5.75 Å². The van der Waals surface area contributed by atoms with Crippen molar-refractivity contribution in [1.29, 1.82) is 0 Å². The molecule has 0 amide bonds. The van der Waals surface area contributed by atoms with E-state index in [0.717, 1.165) is 26.7 Å². The summed E-state index contributed by atoms with van der Waals surface area (Å²) in [6.07, 6.45) is 2.36. The van der Waals surface area contributed by atoms with Gasteiger partial charge in [0, 0.05) is 21.3 Å². The Bertz CT molecular complexity index is 1220. The van der Waals surface area contributed by atoms with Gasteiger partial charge in [0.2, 0.25) is 0 Å². The van der Waals surface area contributed by atoms with E-state index < -0.39 is 31.0 Å². The molecule has 37 heavy (non-hydrogen) atoms. The van der Waals surface area contributed by atoms with Crippen LogP contribution in [0.25, 0.3) is 5.47 Å². The van der Waals surface area contributed by atoms with Crippen LogP contribution in [0.4, 0.5) is 0 Å². The fourth-order valence-electron chi connectivity index (χ4n) is 4.18. The highest BCUT2D eigenvalue weighted by Crippen LogP contribution is 2.45. The van der Waals surface area contributed by atoms with Gasteiger partial charge in [0.1, 0.15) is 18.0 Å². The van der Waals surface area contributed by atoms with Crippen molar-refractivity contribution in [2.45, 2.75) is 78.3 Å². The first-order chi connectivity index (χ1) is 17.3. The standard InChI is InChI=1S/C27H33B2BrClNO5/c1-9-20(28-34-17(2)25(3,4)35-28)24(29-36-26(5,6)27(7,8)37-29)19-13-12-18(31)15-23(19)33-16-22-21(30)11-10-14-32-22/h10-15H,2,9,16H2,1,3-8H3/b24-20-. The summed E-state index contributed by atoms with van der Waals surface area (Å²) in [5.74, 6) is 1.15. The van der Waals surface area contributed by atoms with Gasteiger partial charge in [-0.1, -0.05) is 31.2 Å². The van der Waals surface area contributed by atoms with Crippen molar-refractivity contribution < 1.29 is 23.4 Å². The molecule has 0 bridgehead atoms. The molecule has 196 valence electrons. The summed E-state index contributed by atoms with van der Waals surface area (Å²) in [6.45, 7) is 18.4. The number of pyridine rings is 1. The second-order valence-corrected chi connectivity index (χ2v) is 12.0. The van der Waals surface area contributed by atoms with Crippen LogP contribution >= 0.6 is 27.5 Å². The van der Waals surface area contributed by atoms with Crippen LogP contribution < -0.4 is 4.74 Å². The Morgan fingerprint density at radius 2 is 1.73 bits per heavy atom. The zero-order valence-electron chi connectivity index (χ0n) is 22.5. The smallest absolute Gasteiger partial charge is 0.534 e. The minimum atomic E-state index is -0.686. The summed E-state index contributed by atoms with van der Waals surface area (Å²) in [5.41, 5.74) is 1.51. The van der Waals surface area contributed by atoms with Crippen LogP contribution in [0.15, 0.2) is 58.8 Å². The molecule has 0 saturated carbocycles. The number of allylic oxidation sites excluding steroid dienone is 1. The molecule has 0 N–H and O–H groups in total. The zero-order chi connectivity index (χ0) is 27.2. The van der Waals surface area contributed by atoms with Crippen LogP contribution in [0.3, 0.4) is 0 Å². The van der Waals surface area contributed by atoms with Gasteiger partial charge in [-0.05, 0) is 99.1 Å². The summed E-state index contributed by atoms with van der Waals surface area (Å²) < 4.78 is 32.7. The molecule has 0 spiro atoms. The van der Waals surface area contributed by atoms with E-state index in [1.807, 2.05) is 65.8 Å². The topological polar surface area (TPSA) is 59.0 Å². The first-order valence-corrected chi connectivity index (χ1v) is 13.6. The van der Waals surface area contributed by atoms with Crippen LogP contribution in [-0.2, 0) is 25.2 Å². The van der Waals surface area contributed by atoms with Crippen LogP contribution in [0.2, 0.25) is 5.02 Å². The van der Waals surface area contributed by atoms with Gasteiger partial charge in [0.15, 0.2) is 0 Å². The maximum atomic E-state index is 6.55. The van der Waals surface area contributed by atoms with E-state index in [1.165, 1.54) is 0 Å². The summed E-state index contributed by atoms with van der Waals surface area (Å²) >= 11 is 9.98. The van der Waals surface area contributed by atoms with E-state index >= 15 is 0 Å². The van der Waals surface area contributed by atoms with E-state index in [9.17, 15) is 0 Å². The molecule has 2 fully saturated rings. The lowest BCUT2D eigenvalue weighted by Gasteiger charge is -2.32. The Kier molecular flexibility index (Phi) is 7.95. The maximum absolute atomic E-state index is 6.55. The van der Waals surface area contributed by atoms with Crippen molar-refractivity contribution in [3.63, 3.8) is 0 Å². The monoisotopic (exact) mass is 587 g/mol. The minimum Gasteiger partial charge on any atom is -0.534 e. The van der Waals surface area contributed by atoms with Crippen LogP contribution in [0, 0.1) is 0 Å². The van der Waals surface area contributed by atoms with Gasteiger partial charge in [-0.3, -0.25) is 4.98 Å². The van der Waals surface area contributed by atoms with E-state index in [0.29, 0.717) is 23.0 Å². The molecule has 1 aromatic heterocycles. The van der Waals surface area contributed by atoms with E-state index in [4.69, 9.17) is 35.0 Å². The molecule has 10 heteroatoms. The number of nitrogens with zero attached hydrogens (tertiary/aromatic N) is 1. The molecule has 0 unspecified atom stereocenters. The minimum absolute atomic E-state index is 0.243. The van der Waals surface area contributed by atoms with Gasteiger partial charge >= 0.3 is 14.2 Å². The Hall–Kier alpha value is -1.77. The highest BCUT2D eigenvalue weighted by Gasteiger charge is 2.55. The van der Waals surface area contributed by atoms with Crippen LogP contribution in [0.1, 0.15) is 66.1 Å². The fraction of sp³-hybridized carbons (Fsp3) is 0.444. The number of hydrogen-bond donors (Lipinski definition) is 0. The molecule has 6 nitrogen and oxygen atoms in total. The number of rotatable bonds is 7. The summed E-state index contributed by atoms with van der Waals surface area (Å²) in [5, 5.41) is 0.549. The second-order valence-electron chi connectivity index (χ2n) is 10.7. The van der Waals surface area contributed by atoms with Gasteiger partial charge < -0.3 is 23.4 Å². The normalized spacial score (nSPS) is 20.6. The first kappa shape index (κ1) is 28.2. The molecular weight excluding hydrogens is 555 g/mol. The van der Waals surface area contributed by atoms with Gasteiger partial charge in [0.05, 0.1) is 22.7 Å². The molecule has 2 aliphatic rings. The lowest BCUT2D eigenvalue weighted by atomic mass is 9.61. The molecule has 1 aromatic carbocycles. The molecule has 0 radical (unpaired) electrons. The molecule has 2 saturated heterocycles. The molecule has 2 aliphatic heterocycles. The number of hydrogen-bond acceptors (Lipinski definition) is 6. The Labute approximate surface area is 234 Å². The largest absolute Gasteiger partial charge is 0.558 e. The Morgan fingerprint density at radius 3 is 2.30 bits per heavy atom. The highest BCUT2D eigenvalue weighted by atomic mass is 79.9. The second kappa shape index (κ2) is 10.4. The zero-order valence-corrected chi connectivity index (χ0v) is 24.8. The van der Waals surface area contributed by atoms with Crippen molar-refractivity contribution in [1.82, 2.24) is 4.98 Å². The van der Waals surface area contributed by atoms with E-state index in [-0.39, 0.29) is 6.61 Å². The average Bonchev–Trinajstić information content (AvgIpc) is 3.20. The lowest BCUT2D eigenvalue weighted by Crippen LogP contribution is -2.41. The summed E-state index contributed by atoms with van der Waals surface area (Å²) in [6, 6.07) is 9.35. The predicted molar refractivity (Wildman–Crippen MR) is 152 cm³/mol. The molecular formula is C27H33B2BrClNO5. The summed E-state index contributed by atoms with van der Waals surface area (Å²) in [7, 11) is -1.33. The molecule has 4 rings (SSSR count). The Morgan fingerprint density at radius 1 is 1.05 bits per heavy atom. The van der Waals surface area contributed by atoms with Gasteiger partial charge in [0.25, 0.3) is 0 Å². The van der Waals surface area contributed by atoms with Crippen molar-refractivity contribution in [2.24, 2.45) is 0 Å². The highest BCUT2D eigenvalue weighted by molar-refractivity contribution is 9.10. The van der Waals surface area contributed by atoms with Gasteiger partial charge in [-0.15, -0.1) is 0 Å². The molecule has 3 heterocycles. The third kappa shape index (κ3) is 5.66. The van der Waals surface area contributed by atoms with Gasteiger partial charge in [-0.2, -0.15) is 0 Å². The molecule has 0 atom stereocenters. The van der Waals surface area contributed by atoms with Gasteiger partial charge in [-0.25, -0.2) is 0 Å². The fourth-order valence-corrected chi connectivity index (χ4v) is 4.71. The quantitative estimate of drug-likeness (QED) is 0.318. The number of benzene rings is 1. The Balaban J connectivity index is 1.84. The van der Waals surface area contributed by atoms with Crippen molar-refractivity contribution in [3.8, 4) is 5.75 Å². The summed E-state index contributed by atoms with van der Waals surface area (Å²) in [4.78, 5) is 4.43. The number of halogens is 2. The average molecular weight is 589 g/mol. The maximum Gasteiger partial charge on any atom is 0.558 e.